The molecule has 1 saturated heterocycles. The van der Waals surface area contributed by atoms with Gasteiger partial charge in [-0.05, 0) is 98.2 Å². The van der Waals surface area contributed by atoms with Gasteiger partial charge in [-0.25, -0.2) is 4.98 Å². The second-order valence-corrected chi connectivity index (χ2v) is 30.8. The fourth-order valence-corrected chi connectivity index (χ4v) is 13.7. The van der Waals surface area contributed by atoms with Crippen LogP contribution in [0.5, 0.6) is 5.75 Å². The van der Waals surface area contributed by atoms with Crippen LogP contribution in [0.2, 0.25) is 0 Å². The fourth-order valence-electron chi connectivity index (χ4n) is 13.5. The molecule has 7 rings (SSSR count). The second kappa shape index (κ2) is 47.0. The van der Waals surface area contributed by atoms with Gasteiger partial charge in [0.05, 0.1) is 31.2 Å². The maximum Gasteiger partial charge on any atom is 0.245 e. The van der Waals surface area contributed by atoms with E-state index in [4.69, 9.17) is 16.9 Å². The van der Waals surface area contributed by atoms with Crippen molar-refractivity contribution in [3.05, 3.63) is 156 Å². The highest BCUT2D eigenvalue weighted by Gasteiger charge is 2.42. The number of aliphatic hydroxyl groups is 1. The number of guanidine groups is 1. The van der Waals surface area contributed by atoms with Gasteiger partial charge in [-0.15, -0.1) is 0 Å². The number of hydrogen-bond acceptors (Lipinski definition) is 20. The number of amides is 15. The van der Waals surface area contributed by atoms with E-state index < -0.39 is 192 Å². The number of benzene rings is 4. The van der Waals surface area contributed by atoms with Crippen molar-refractivity contribution >= 4 is 118 Å². The third-order valence-corrected chi connectivity index (χ3v) is 20.1. The van der Waals surface area contributed by atoms with Crippen LogP contribution in [-0.2, 0) is 104 Å². The Morgan fingerprint density at radius 3 is 1.61 bits per heavy atom. The first-order valence-corrected chi connectivity index (χ1v) is 40.4. The first kappa shape index (κ1) is 95.2. The van der Waals surface area contributed by atoms with Gasteiger partial charge in [-0.1, -0.05) is 119 Å². The number of carbonyl (C=O) groups excluding carboxylic acids is 15. The van der Waals surface area contributed by atoms with Crippen LogP contribution in [0.4, 0.5) is 0 Å². The first-order valence-electron chi connectivity index (χ1n) is 39.8. The molecule has 121 heavy (non-hydrogen) atoms. The third kappa shape index (κ3) is 30.4. The average Bonchev–Trinajstić information content (AvgIpc) is 1.72. The van der Waals surface area contributed by atoms with Gasteiger partial charge in [0.1, 0.15) is 78.3 Å². The zero-order chi connectivity index (χ0) is 88.6. The van der Waals surface area contributed by atoms with Crippen molar-refractivity contribution in [1.82, 2.24) is 94.3 Å². The van der Waals surface area contributed by atoms with E-state index in [2.05, 4.69) is 102 Å². The number of aliphatic hydroxyl groups excluding tert-OH is 1. The monoisotopic (exact) mass is 1690 g/mol. The fraction of sp³-hybridized carbons (Fsp3) is 0.451. The summed E-state index contributed by atoms with van der Waals surface area (Å²) < 4.78 is 0. The summed E-state index contributed by atoms with van der Waals surface area (Å²) in [6.07, 6.45) is 2.42. The van der Waals surface area contributed by atoms with Gasteiger partial charge in [0.25, 0.3) is 0 Å². The molecule has 1 fully saturated rings. The van der Waals surface area contributed by atoms with Gasteiger partial charge >= 0.3 is 0 Å². The summed E-state index contributed by atoms with van der Waals surface area (Å²) in [6, 6.07) is 13.2. The molecule has 2 aromatic heterocycles. The molecule has 0 radical (unpaired) electrons. The lowest BCUT2D eigenvalue weighted by Gasteiger charge is -2.31. The van der Waals surface area contributed by atoms with E-state index in [-0.39, 0.29) is 94.0 Å². The molecule has 39 heteroatoms. The van der Waals surface area contributed by atoms with Gasteiger partial charge < -0.3 is 111 Å². The van der Waals surface area contributed by atoms with Crippen LogP contribution < -0.4 is 85.9 Å². The van der Waals surface area contributed by atoms with Crippen molar-refractivity contribution in [3.8, 4) is 5.75 Å². The van der Waals surface area contributed by atoms with Crippen LogP contribution in [0.15, 0.2) is 128 Å². The number of aromatic hydroxyl groups is 1. The molecule has 0 saturated carbocycles. The number of likely N-dealkylation sites (tertiary alicyclic amines) is 1. The summed E-state index contributed by atoms with van der Waals surface area (Å²) in [5, 5.41) is 66.1. The van der Waals surface area contributed by atoms with Gasteiger partial charge in [-0.2, -0.15) is 12.6 Å². The summed E-state index contributed by atoms with van der Waals surface area (Å²) in [7, 11) is 0. The third-order valence-electron chi connectivity index (χ3n) is 19.8. The second-order valence-electron chi connectivity index (χ2n) is 30.4. The molecule has 0 unspecified atom stereocenters. The number of thiol groups is 1. The number of nitrogens with two attached hydrogens (primary N) is 2. The van der Waals surface area contributed by atoms with E-state index in [0.717, 1.165) is 0 Å². The maximum atomic E-state index is 15.3. The van der Waals surface area contributed by atoms with Crippen molar-refractivity contribution in [2.24, 2.45) is 23.3 Å². The largest absolute Gasteiger partial charge is 0.508 e. The Balaban J connectivity index is 1.11. The van der Waals surface area contributed by atoms with Crippen LogP contribution in [0.25, 0.3) is 10.9 Å². The predicted octanol–water partition coefficient (Wildman–Crippen LogP) is -2.53. The molecule has 0 spiro atoms. The van der Waals surface area contributed by atoms with Crippen LogP contribution >= 0.6 is 12.6 Å². The first-order chi connectivity index (χ1) is 57.6. The molecular weight excluding hydrogens is 1580 g/mol. The number of para-hydroxylation sites is 1. The number of hydrogen-bond donors (Lipinski definition) is 22. The summed E-state index contributed by atoms with van der Waals surface area (Å²) >= 11 is 4.20. The number of carbonyl (C=O) groups is 15. The number of imidazole rings is 1. The number of phenolic OH excluding ortho intramolecular Hbond substituents is 1. The predicted molar refractivity (Wildman–Crippen MR) is 448 cm³/mol. The Hall–Kier alpha value is -12.9. The van der Waals surface area contributed by atoms with Crippen molar-refractivity contribution in [3.63, 3.8) is 0 Å². The lowest BCUT2D eigenvalue weighted by atomic mass is 9.98. The van der Waals surface area contributed by atoms with E-state index in [1.807, 2.05) is 13.8 Å². The minimum atomic E-state index is -1.70. The smallest absolute Gasteiger partial charge is 0.245 e. The van der Waals surface area contributed by atoms with E-state index in [0.29, 0.717) is 39.6 Å². The standard InChI is InChI=1S/C82H111N21O17S/c1-44(2)32-63(81(120)103-31-17-25-65(103)78(117)100-64(42-121)71(110)89-40-66(83)107)99-75(114)59(34-50-20-12-9-13-21-50)96-72(111)57(24-16-30-87-82(84)85)95-80(119)68(45(3)4)101-77(116)61(36-52-38-88-56-23-15-14-22-55(52)56)98-74(113)60(35-51-26-28-54(106)29-27-51)97-76(115)62(37-53-39-86-43-91-53)94-67(108)41-90-79(118)69(47(6)104)102-70(109)46(5)92-73(112)58(93-48(7)105)33-49-18-10-8-11-19-49/h8-15,18-23,26-29,38-39,43-47,57-65,68-69,88,104,106,121H,16-17,24-25,30-37,40-42H2,1-7H3,(H2,83,107)(H,86,91)(H,89,110)(H,90,118)(H,92,112)(H,93,105)(H,94,108)(H,95,119)(H,96,111)(H,97,115)(H,98,113)(H,99,114)(H,100,117)(H,101,116)(H,102,109)(H4,84,85,87)/t46-,47+,57-,58-,59-,60-,61-,62-,63-,64-,65-,68-,69-/m0/s1. The van der Waals surface area contributed by atoms with E-state index >= 15 is 19.2 Å². The molecule has 38 nitrogen and oxygen atoms in total. The lowest BCUT2D eigenvalue weighted by Crippen LogP contribution is -2.62. The molecule has 1 aliphatic heterocycles. The highest BCUT2D eigenvalue weighted by Crippen LogP contribution is 2.24. The summed E-state index contributed by atoms with van der Waals surface area (Å²) in [5.41, 5.74) is 13.9. The Kier molecular flexibility index (Phi) is 37.0. The number of nitrogens with one attached hydrogen (secondary N) is 17. The number of aromatic amines is 2. The van der Waals surface area contributed by atoms with Crippen LogP contribution in [0, 0.1) is 17.2 Å². The molecule has 3 heterocycles. The Labute approximate surface area is 704 Å². The highest BCUT2D eigenvalue weighted by atomic mass is 32.1. The number of H-pyrrole nitrogens is 2. The van der Waals surface area contributed by atoms with Crippen molar-refractivity contribution < 1.29 is 82.1 Å². The van der Waals surface area contributed by atoms with Gasteiger partial charge in [0.2, 0.25) is 88.6 Å². The summed E-state index contributed by atoms with van der Waals surface area (Å²) in [5.74, 6) is -14.2. The molecule has 0 bridgehead atoms. The zero-order valence-corrected chi connectivity index (χ0v) is 69.3. The molecule has 1 aliphatic rings. The van der Waals surface area contributed by atoms with Crippen LogP contribution in [0.3, 0.4) is 0 Å². The summed E-state index contributed by atoms with van der Waals surface area (Å²) in [6.45, 7) is 9.37. The molecule has 0 aliphatic carbocycles. The van der Waals surface area contributed by atoms with Crippen molar-refractivity contribution in [2.75, 3.05) is 31.9 Å². The number of primary amides is 1. The molecular formula is C82H111N21O17S. The maximum absolute atomic E-state index is 15.3. The van der Waals surface area contributed by atoms with Crippen LogP contribution in [-0.4, -0.2) is 235 Å². The quantitative estimate of drug-likeness (QED) is 0.00811. The van der Waals surface area contributed by atoms with Gasteiger partial charge in [-0.3, -0.25) is 77.3 Å². The lowest BCUT2D eigenvalue weighted by molar-refractivity contribution is -0.142. The normalized spacial score (nSPS) is 15.4. The molecule has 4 aromatic carbocycles. The van der Waals surface area contributed by atoms with Gasteiger partial charge in [0.15, 0.2) is 5.96 Å². The Morgan fingerprint density at radius 2 is 1.06 bits per heavy atom. The Bertz CT molecular complexity index is 4570. The number of fused-ring (bicyclic) bond motifs is 1. The molecule has 652 valence electrons. The molecule has 15 amide bonds. The number of rotatable bonds is 46. The van der Waals surface area contributed by atoms with Gasteiger partial charge in [0, 0.05) is 81.2 Å². The molecule has 6 aromatic rings. The summed E-state index contributed by atoms with van der Waals surface area (Å²) in [4.78, 5) is 222. The zero-order valence-electron chi connectivity index (χ0n) is 68.4. The van der Waals surface area contributed by atoms with E-state index in [1.165, 1.54) is 62.5 Å². The minimum Gasteiger partial charge on any atom is -0.508 e. The van der Waals surface area contributed by atoms with Crippen molar-refractivity contribution in [2.45, 2.75) is 191 Å². The topological polar surface area (TPSA) is 589 Å². The minimum absolute atomic E-state index is 0.0332. The molecule has 23 N–H and O–H groups in total. The number of aromatic nitrogens is 3. The van der Waals surface area contributed by atoms with E-state index in [1.54, 1.807) is 105 Å². The van der Waals surface area contributed by atoms with E-state index in [9.17, 15) is 63.0 Å². The average molecular weight is 1690 g/mol. The van der Waals surface area contributed by atoms with Crippen molar-refractivity contribution in [1.29, 1.82) is 5.41 Å². The molecule has 13 atom stereocenters. The number of nitrogens with zero attached hydrogens (tertiary/aromatic N) is 2. The Morgan fingerprint density at radius 1 is 0.537 bits per heavy atom. The van der Waals surface area contributed by atoms with Crippen LogP contribution in [0.1, 0.15) is 109 Å². The highest BCUT2D eigenvalue weighted by molar-refractivity contribution is 7.80. The SMILES string of the molecule is CC(=O)N[C@@H](Cc1ccccc1)C(=O)N[C@@H](C)C(=O)N[C@H](C(=O)NCC(=O)N[C@@H](Cc1c[nH]cn1)C(=O)N[C@@H](Cc1ccc(O)cc1)C(=O)N[C@@H](Cc1c[nH]c2ccccc12)C(=O)N[C@H](C(=O)N[C@@H](CCCNC(=N)N)C(=O)N[C@@H](Cc1ccccc1)C(=O)N[C@@H](CC(C)C)C(=O)N1CCC[C@H]1C(=O)N[C@@H](CS)C(=O)NCC(N)=O)C(C)C)[C@@H](C)O. The number of phenols is 1.